The van der Waals surface area contributed by atoms with Crippen molar-refractivity contribution in [2.45, 2.75) is 26.4 Å². The summed E-state index contributed by atoms with van der Waals surface area (Å²) in [4.78, 5) is 18.2. The topological polar surface area (TPSA) is 78.8 Å². The van der Waals surface area contributed by atoms with Crippen molar-refractivity contribution in [1.29, 1.82) is 0 Å². The number of fused-ring (bicyclic) bond motifs is 2. The minimum absolute atomic E-state index is 0.0496. The molecule has 0 fully saturated rings. The molecule has 0 aliphatic heterocycles. The number of ether oxygens (including phenoxy) is 2. The number of furan rings is 1. The van der Waals surface area contributed by atoms with E-state index in [1.165, 1.54) is 10.9 Å². The minimum Gasteiger partial charge on any atom is -0.493 e. The average Bonchev–Trinajstić information content (AvgIpc) is 3.35. The van der Waals surface area contributed by atoms with Crippen LogP contribution >= 0.6 is 27.5 Å². The molecule has 2 aromatic heterocycles. The van der Waals surface area contributed by atoms with Gasteiger partial charge in [0, 0.05) is 15.4 Å². The molecule has 0 N–H and O–H groups in total. The summed E-state index contributed by atoms with van der Waals surface area (Å²) in [5.74, 6) is 1.60. The van der Waals surface area contributed by atoms with E-state index in [4.69, 9.17) is 30.5 Å². The zero-order chi connectivity index (χ0) is 26.1. The number of aromatic nitrogens is 2. The molecule has 7 nitrogen and oxygen atoms in total. The number of para-hydroxylation sites is 2. The number of methoxy groups -OCH3 is 1. The van der Waals surface area contributed by atoms with Gasteiger partial charge < -0.3 is 13.9 Å². The van der Waals surface area contributed by atoms with Crippen LogP contribution in [0.5, 0.6) is 11.5 Å². The molecule has 3 aromatic carbocycles. The number of rotatable bonds is 7. The van der Waals surface area contributed by atoms with Gasteiger partial charge in [0.2, 0.25) is 5.82 Å². The maximum atomic E-state index is 13.5. The summed E-state index contributed by atoms with van der Waals surface area (Å²) >= 11 is 10.2. The molecule has 0 saturated heterocycles. The highest BCUT2D eigenvalue weighted by molar-refractivity contribution is 9.10. The van der Waals surface area contributed by atoms with Crippen molar-refractivity contribution < 1.29 is 13.9 Å². The lowest BCUT2D eigenvalue weighted by Crippen LogP contribution is -2.20. The Labute approximate surface area is 226 Å². The molecule has 0 aliphatic rings. The van der Waals surface area contributed by atoms with Gasteiger partial charge in [0.15, 0.2) is 17.3 Å². The highest BCUT2D eigenvalue weighted by Crippen LogP contribution is 2.42. The van der Waals surface area contributed by atoms with Crippen molar-refractivity contribution >= 4 is 55.6 Å². The van der Waals surface area contributed by atoms with Gasteiger partial charge in [-0.2, -0.15) is 9.78 Å². The highest BCUT2D eigenvalue weighted by Gasteiger charge is 2.20. The summed E-state index contributed by atoms with van der Waals surface area (Å²) in [6.07, 6.45) is 2.28. The molecular weight excluding hydrogens is 558 g/mol. The van der Waals surface area contributed by atoms with Crippen LogP contribution in [0.2, 0.25) is 5.02 Å². The van der Waals surface area contributed by atoms with Crippen LogP contribution in [0.1, 0.15) is 25.8 Å². The van der Waals surface area contributed by atoms with Gasteiger partial charge in [-0.15, -0.1) is 0 Å². The first-order chi connectivity index (χ1) is 17.9. The fourth-order valence-corrected chi connectivity index (χ4v) is 4.49. The van der Waals surface area contributed by atoms with E-state index in [9.17, 15) is 4.79 Å². The quantitative estimate of drug-likeness (QED) is 0.189. The first-order valence-corrected chi connectivity index (χ1v) is 12.9. The van der Waals surface area contributed by atoms with E-state index >= 15 is 0 Å². The Bertz CT molecular complexity index is 1680. The normalized spacial score (nSPS) is 12.5. The van der Waals surface area contributed by atoms with Crippen LogP contribution in [0.3, 0.4) is 0 Å². The van der Waals surface area contributed by atoms with Gasteiger partial charge in [-0.3, -0.25) is 4.79 Å². The van der Waals surface area contributed by atoms with Crippen LogP contribution in [0, 0.1) is 0 Å². The second kappa shape index (κ2) is 10.4. The minimum atomic E-state index is -0.330. The molecule has 9 heteroatoms. The Balaban J connectivity index is 1.67. The molecule has 0 unspecified atom stereocenters. The molecule has 37 heavy (non-hydrogen) atoms. The van der Waals surface area contributed by atoms with E-state index in [0.717, 1.165) is 11.8 Å². The van der Waals surface area contributed by atoms with E-state index in [-0.39, 0.29) is 17.5 Å². The van der Waals surface area contributed by atoms with Crippen LogP contribution in [0.4, 0.5) is 0 Å². The maximum absolute atomic E-state index is 13.5. The fourth-order valence-electron chi connectivity index (χ4n) is 3.85. The van der Waals surface area contributed by atoms with Crippen LogP contribution in [0.15, 0.2) is 79.4 Å². The molecule has 0 radical (unpaired) electrons. The predicted octanol–water partition coefficient (Wildman–Crippen LogP) is 7.29. The highest BCUT2D eigenvalue weighted by atomic mass is 79.9. The molecule has 1 atom stereocenters. The summed E-state index contributed by atoms with van der Waals surface area (Å²) in [7, 11) is 1.54. The molecule has 0 bridgehead atoms. The van der Waals surface area contributed by atoms with E-state index in [0.29, 0.717) is 48.8 Å². The third kappa shape index (κ3) is 4.74. The van der Waals surface area contributed by atoms with Crippen molar-refractivity contribution in [2.75, 3.05) is 7.11 Å². The van der Waals surface area contributed by atoms with Crippen molar-refractivity contribution in [3.63, 3.8) is 0 Å². The van der Waals surface area contributed by atoms with Crippen LogP contribution in [-0.4, -0.2) is 29.1 Å². The molecule has 2 heterocycles. The third-order valence-corrected chi connectivity index (χ3v) is 7.42. The molecule has 188 valence electrons. The van der Waals surface area contributed by atoms with Crippen molar-refractivity contribution in [2.24, 2.45) is 5.10 Å². The lowest BCUT2D eigenvalue weighted by Gasteiger charge is -2.18. The second-order valence-corrected chi connectivity index (χ2v) is 9.60. The molecule has 5 aromatic rings. The zero-order valence-electron chi connectivity index (χ0n) is 20.4. The maximum Gasteiger partial charge on any atom is 0.282 e. The van der Waals surface area contributed by atoms with Crippen molar-refractivity contribution in [1.82, 2.24) is 9.66 Å². The summed E-state index contributed by atoms with van der Waals surface area (Å²) in [6, 6.07) is 18.3. The summed E-state index contributed by atoms with van der Waals surface area (Å²) in [5, 5.41) is 6.21. The summed E-state index contributed by atoms with van der Waals surface area (Å²) in [6.45, 7) is 3.98. The lowest BCUT2D eigenvalue weighted by molar-refractivity contribution is 0.207. The molecule has 0 saturated carbocycles. The van der Waals surface area contributed by atoms with Gasteiger partial charge in [-0.05, 0) is 59.6 Å². The van der Waals surface area contributed by atoms with Gasteiger partial charge in [-0.1, -0.05) is 48.9 Å². The smallest absolute Gasteiger partial charge is 0.282 e. The fraction of sp³-hybridized carbons (Fsp3) is 0.179. The monoisotopic (exact) mass is 579 g/mol. The second-order valence-electron chi connectivity index (χ2n) is 8.42. The molecule has 0 aliphatic carbocycles. The Hall–Kier alpha value is -3.62. The van der Waals surface area contributed by atoms with E-state index < -0.39 is 0 Å². The van der Waals surface area contributed by atoms with E-state index in [2.05, 4.69) is 21.0 Å². The average molecular weight is 581 g/mol. The zero-order valence-corrected chi connectivity index (χ0v) is 22.7. The van der Waals surface area contributed by atoms with Gasteiger partial charge >= 0.3 is 0 Å². The van der Waals surface area contributed by atoms with Crippen LogP contribution in [-0.2, 0) is 0 Å². The van der Waals surface area contributed by atoms with Crippen molar-refractivity contribution in [3.8, 4) is 23.1 Å². The lowest BCUT2D eigenvalue weighted by atomic mass is 10.2. The Morgan fingerprint density at radius 2 is 1.95 bits per heavy atom. The van der Waals surface area contributed by atoms with Gasteiger partial charge in [0.25, 0.3) is 5.56 Å². The number of hydrogen-bond acceptors (Lipinski definition) is 6. The largest absolute Gasteiger partial charge is 0.493 e. The summed E-state index contributed by atoms with van der Waals surface area (Å²) < 4.78 is 19.3. The number of benzene rings is 3. The third-order valence-electron chi connectivity index (χ3n) is 5.98. The molecule has 5 rings (SSSR count). The first kappa shape index (κ1) is 25.0. The summed E-state index contributed by atoms with van der Waals surface area (Å²) in [5.41, 5.74) is 1.50. The van der Waals surface area contributed by atoms with E-state index in [1.807, 2.05) is 50.2 Å². The Kier molecular flexibility index (Phi) is 7.04. The first-order valence-electron chi connectivity index (χ1n) is 11.7. The predicted molar refractivity (Wildman–Crippen MR) is 150 cm³/mol. The number of halogens is 2. The molecule has 0 spiro atoms. The Morgan fingerprint density at radius 1 is 1.19 bits per heavy atom. The standard InChI is InChI=1S/C28H23BrClN3O4/c1-4-16(2)36-26-22(35-3)14-18(24(29)25(26)30)15-31-33-27(23-13-17-9-5-8-12-21(17)37-23)32-20-11-7-6-10-19(20)28(33)34/h5-16H,4H2,1-3H3/t16-/m0/s1. The van der Waals surface area contributed by atoms with Crippen LogP contribution < -0.4 is 15.0 Å². The Morgan fingerprint density at radius 3 is 2.70 bits per heavy atom. The number of nitrogens with zero attached hydrogens (tertiary/aromatic N) is 3. The van der Waals surface area contributed by atoms with E-state index in [1.54, 1.807) is 31.4 Å². The van der Waals surface area contributed by atoms with Gasteiger partial charge in [-0.25, -0.2) is 4.98 Å². The van der Waals surface area contributed by atoms with Crippen molar-refractivity contribution in [3.05, 3.63) is 86.1 Å². The number of hydrogen-bond donors (Lipinski definition) is 0. The molecule has 0 amide bonds. The SMILES string of the molecule is CC[C@H](C)Oc1c(OC)cc(C=Nn2c(-c3cc4ccccc4o3)nc3ccccc3c2=O)c(Br)c1Cl. The van der Waals surface area contributed by atoms with Gasteiger partial charge in [0.1, 0.15) is 10.6 Å². The van der Waals surface area contributed by atoms with Crippen LogP contribution in [0.25, 0.3) is 33.5 Å². The molecular formula is C28H23BrClN3O4. The van der Waals surface area contributed by atoms with Gasteiger partial charge in [0.05, 0.1) is 30.3 Å².